The average Bonchev–Trinajstić information content (AvgIpc) is 2.61. The SMILES string of the molecule is Cc1c(C(=O)O)cnn1-c1ccc(Br)cc1. The van der Waals surface area contributed by atoms with Crippen molar-refractivity contribution in [1.29, 1.82) is 0 Å². The Kier molecular flexibility index (Phi) is 2.78. The van der Waals surface area contributed by atoms with Crippen LogP contribution in [0.1, 0.15) is 16.1 Å². The van der Waals surface area contributed by atoms with Crippen LogP contribution < -0.4 is 0 Å². The van der Waals surface area contributed by atoms with Crippen LogP contribution in [0.4, 0.5) is 0 Å². The second kappa shape index (κ2) is 4.09. The molecule has 0 aliphatic carbocycles. The van der Waals surface area contributed by atoms with Gasteiger partial charge in [-0.1, -0.05) is 15.9 Å². The van der Waals surface area contributed by atoms with Gasteiger partial charge in [-0.3, -0.25) is 0 Å². The zero-order valence-electron chi connectivity index (χ0n) is 8.51. The summed E-state index contributed by atoms with van der Waals surface area (Å²) in [7, 11) is 0. The lowest BCUT2D eigenvalue weighted by atomic mass is 10.2. The monoisotopic (exact) mass is 280 g/mol. The minimum atomic E-state index is -0.958. The third kappa shape index (κ3) is 1.86. The molecule has 0 unspecified atom stereocenters. The number of rotatable bonds is 2. The molecule has 2 rings (SSSR count). The fraction of sp³-hybridized carbons (Fsp3) is 0.0909. The Morgan fingerprint density at radius 3 is 2.50 bits per heavy atom. The lowest BCUT2D eigenvalue weighted by Crippen LogP contribution is -2.02. The molecule has 2 aromatic rings. The van der Waals surface area contributed by atoms with Crippen LogP contribution in [0.3, 0.4) is 0 Å². The van der Waals surface area contributed by atoms with Gasteiger partial charge in [-0.2, -0.15) is 5.10 Å². The lowest BCUT2D eigenvalue weighted by molar-refractivity contribution is 0.0696. The van der Waals surface area contributed by atoms with Gasteiger partial charge in [0.2, 0.25) is 0 Å². The highest BCUT2D eigenvalue weighted by Crippen LogP contribution is 2.17. The van der Waals surface area contributed by atoms with E-state index in [1.54, 1.807) is 11.6 Å². The highest BCUT2D eigenvalue weighted by molar-refractivity contribution is 9.10. The summed E-state index contributed by atoms with van der Waals surface area (Å²) >= 11 is 3.34. The number of carboxylic acid groups (broad SMARTS) is 1. The zero-order chi connectivity index (χ0) is 11.7. The Labute approximate surface area is 101 Å². The number of nitrogens with zero attached hydrogens (tertiary/aromatic N) is 2. The molecule has 1 N–H and O–H groups in total. The standard InChI is InChI=1S/C11H9BrN2O2/c1-7-10(11(15)16)6-13-14(7)9-4-2-8(12)3-5-9/h2-6H,1H3,(H,15,16). The molecule has 1 heterocycles. The van der Waals surface area contributed by atoms with Crippen LogP contribution in [0.25, 0.3) is 5.69 Å². The van der Waals surface area contributed by atoms with Crippen LogP contribution in [0.5, 0.6) is 0 Å². The summed E-state index contributed by atoms with van der Waals surface area (Å²) in [6, 6.07) is 7.51. The molecule has 5 heteroatoms. The quantitative estimate of drug-likeness (QED) is 0.920. The van der Waals surface area contributed by atoms with Crippen molar-refractivity contribution in [3.63, 3.8) is 0 Å². The zero-order valence-corrected chi connectivity index (χ0v) is 10.1. The molecular formula is C11H9BrN2O2. The maximum atomic E-state index is 10.9. The smallest absolute Gasteiger partial charge is 0.339 e. The second-order valence-electron chi connectivity index (χ2n) is 3.34. The molecule has 0 saturated heterocycles. The van der Waals surface area contributed by atoms with Crippen molar-refractivity contribution < 1.29 is 9.90 Å². The molecule has 0 atom stereocenters. The molecule has 0 fully saturated rings. The number of aromatic carboxylic acids is 1. The van der Waals surface area contributed by atoms with Gasteiger partial charge in [0, 0.05) is 4.47 Å². The van der Waals surface area contributed by atoms with E-state index in [1.807, 2.05) is 24.3 Å². The maximum Gasteiger partial charge on any atom is 0.339 e. The first-order valence-electron chi connectivity index (χ1n) is 4.63. The van der Waals surface area contributed by atoms with Crippen LogP contribution in [0.2, 0.25) is 0 Å². The number of carbonyl (C=O) groups is 1. The Morgan fingerprint density at radius 2 is 2.00 bits per heavy atom. The number of hydrogen-bond acceptors (Lipinski definition) is 2. The minimum Gasteiger partial charge on any atom is -0.478 e. The third-order valence-electron chi connectivity index (χ3n) is 2.31. The summed E-state index contributed by atoms with van der Waals surface area (Å²) in [5.74, 6) is -0.958. The van der Waals surface area contributed by atoms with Gasteiger partial charge in [-0.05, 0) is 31.2 Å². The van der Waals surface area contributed by atoms with Crippen LogP contribution in [-0.4, -0.2) is 20.9 Å². The summed E-state index contributed by atoms with van der Waals surface area (Å²) in [6.07, 6.45) is 1.36. The van der Waals surface area contributed by atoms with Gasteiger partial charge in [-0.15, -0.1) is 0 Å². The van der Waals surface area contributed by atoms with E-state index >= 15 is 0 Å². The van der Waals surface area contributed by atoms with Crippen molar-refractivity contribution in [2.75, 3.05) is 0 Å². The minimum absolute atomic E-state index is 0.225. The maximum absolute atomic E-state index is 10.9. The van der Waals surface area contributed by atoms with Crippen LogP contribution >= 0.6 is 15.9 Å². The summed E-state index contributed by atoms with van der Waals surface area (Å²) in [6.45, 7) is 1.73. The Hall–Kier alpha value is -1.62. The van der Waals surface area contributed by atoms with E-state index in [2.05, 4.69) is 21.0 Å². The Morgan fingerprint density at radius 1 is 1.38 bits per heavy atom. The molecular weight excluding hydrogens is 272 g/mol. The Balaban J connectivity index is 2.49. The first-order valence-corrected chi connectivity index (χ1v) is 5.43. The van der Waals surface area contributed by atoms with Crippen molar-refractivity contribution in [3.05, 3.63) is 46.2 Å². The molecule has 0 saturated carbocycles. The van der Waals surface area contributed by atoms with Crippen molar-refractivity contribution in [2.45, 2.75) is 6.92 Å². The van der Waals surface area contributed by atoms with Crippen molar-refractivity contribution in [1.82, 2.24) is 9.78 Å². The fourth-order valence-corrected chi connectivity index (χ4v) is 1.73. The molecule has 16 heavy (non-hydrogen) atoms. The predicted octanol–water partition coefficient (Wildman–Crippen LogP) is 2.64. The highest BCUT2D eigenvalue weighted by atomic mass is 79.9. The third-order valence-corrected chi connectivity index (χ3v) is 2.84. The van der Waals surface area contributed by atoms with E-state index in [1.165, 1.54) is 6.20 Å². The van der Waals surface area contributed by atoms with Gasteiger partial charge in [0.25, 0.3) is 0 Å². The van der Waals surface area contributed by atoms with Crippen LogP contribution in [0, 0.1) is 6.92 Å². The summed E-state index contributed by atoms with van der Waals surface area (Å²) < 4.78 is 2.58. The van der Waals surface area contributed by atoms with Crippen LogP contribution in [-0.2, 0) is 0 Å². The average molecular weight is 281 g/mol. The molecule has 82 valence electrons. The topological polar surface area (TPSA) is 55.1 Å². The number of halogens is 1. The lowest BCUT2D eigenvalue weighted by Gasteiger charge is -2.04. The first-order chi connectivity index (χ1) is 7.59. The van der Waals surface area contributed by atoms with Gasteiger partial charge in [0.05, 0.1) is 17.6 Å². The number of benzene rings is 1. The summed E-state index contributed by atoms with van der Waals surface area (Å²) in [4.78, 5) is 10.9. The second-order valence-corrected chi connectivity index (χ2v) is 4.25. The van der Waals surface area contributed by atoms with E-state index in [0.717, 1.165) is 10.2 Å². The molecule has 0 bridgehead atoms. The van der Waals surface area contributed by atoms with Gasteiger partial charge >= 0.3 is 5.97 Å². The molecule has 0 aliphatic heterocycles. The largest absolute Gasteiger partial charge is 0.478 e. The van der Waals surface area contributed by atoms with Crippen molar-refractivity contribution in [3.8, 4) is 5.69 Å². The number of hydrogen-bond donors (Lipinski definition) is 1. The molecule has 0 radical (unpaired) electrons. The van der Waals surface area contributed by atoms with E-state index in [-0.39, 0.29) is 5.56 Å². The van der Waals surface area contributed by atoms with E-state index in [9.17, 15) is 4.79 Å². The van der Waals surface area contributed by atoms with E-state index in [0.29, 0.717) is 5.69 Å². The number of carboxylic acids is 1. The first kappa shape index (κ1) is 10.9. The molecule has 4 nitrogen and oxygen atoms in total. The Bertz CT molecular complexity index is 531. The molecule has 0 aliphatic rings. The van der Waals surface area contributed by atoms with Gasteiger partial charge in [0.15, 0.2) is 0 Å². The van der Waals surface area contributed by atoms with Gasteiger partial charge in [0.1, 0.15) is 5.56 Å². The van der Waals surface area contributed by atoms with Gasteiger partial charge < -0.3 is 5.11 Å². The van der Waals surface area contributed by atoms with Crippen molar-refractivity contribution in [2.24, 2.45) is 0 Å². The fourth-order valence-electron chi connectivity index (χ4n) is 1.46. The highest BCUT2D eigenvalue weighted by Gasteiger charge is 2.13. The van der Waals surface area contributed by atoms with E-state index in [4.69, 9.17) is 5.11 Å². The molecule has 1 aromatic carbocycles. The summed E-state index contributed by atoms with van der Waals surface area (Å²) in [5.41, 5.74) is 1.69. The normalized spacial score (nSPS) is 10.4. The predicted molar refractivity (Wildman–Crippen MR) is 63.0 cm³/mol. The van der Waals surface area contributed by atoms with Gasteiger partial charge in [-0.25, -0.2) is 9.48 Å². The molecule has 0 spiro atoms. The molecule has 0 amide bonds. The van der Waals surface area contributed by atoms with E-state index < -0.39 is 5.97 Å². The van der Waals surface area contributed by atoms with Crippen LogP contribution in [0.15, 0.2) is 34.9 Å². The number of aromatic nitrogens is 2. The molecule has 1 aromatic heterocycles. The van der Waals surface area contributed by atoms with Crippen molar-refractivity contribution >= 4 is 21.9 Å². The summed E-state index contributed by atoms with van der Waals surface area (Å²) in [5, 5.41) is 13.0.